The van der Waals surface area contributed by atoms with Crippen LogP contribution >= 0.6 is 24.0 Å². The van der Waals surface area contributed by atoms with Gasteiger partial charge in [-0.05, 0) is 41.7 Å². The summed E-state index contributed by atoms with van der Waals surface area (Å²) in [6, 6.07) is 15.1. The third-order valence-corrected chi connectivity index (χ3v) is 5.14. The first-order valence-corrected chi connectivity index (χ1v) is 10.6. The molecule has 1 aromatic heterocycles. The van der Waals surface area contributed by atoms with Crippen LogP contribution in [0.1, 0.15) is 29.2 Å². The minimum atomic E-state index is 0. The van der Waals surface area contributed by atoms with Crippen molar-refractivity contribution >= 4 is 29.9 Å². The fourth-order valence-electron chi connectivity index (χ4n) is 3.65. The number of fused-ring (bicyclic) bond motifs is 1. The van der Waals surface area contributed by atoms with E-state index in [0.717, 1.165) is 50.8 Å². The number of aliphatic imine (C=N–C) groups is 1. The molecule has 0 bridgehead atoms. The van der Waals surface area contributed by atoms with Gasteiger partial charge in [0.1, 0.15) is 5.75 Å². The molecular formula is C24H30IN5O. The Bertz CT molecular complexity index is 987. The van der Waals surface area contributed by atoms with Gasteiger partial charge in [0.2, 0.25) is 0 Å². The Balaban J connectivity index is 0.00000272. The van der Waals surface area contributed by atoms with Crippen LogP contribution in [0.3, 0.4) is 0 Å². The van der Waals surface area contributed by atoms with E-state index >= 15 is 0 Å². The molecule has 0 saturated heterocycles. The smallest absolute Gasteiger partial charge is 0.191 e. The molecule has 4 rings (SSSR count). The third kappa shape index (κ3) is 6.72. The molecule has 31 heavy (non-hydrogen) atoms. The van der Waals surface area contributed by atoms with Gasteiger partial charge in [-0.2, -0.15) is 0 Å². The van der Waals surface area contributed by atoms with Crippen LogP contribution in [0, 0.1) is 0 Å². The van der Waals surface area contributed by atoms with E-state index in [1.807, 2.05) is 12.5 Å². The summed E-state index contributed by atoms with van der Waals surface area (Å²) < 4.78 is 7.66. The number of hydrogen-bond acceptors (Lipinski definition) is 3. The molecule has 6 nitrogen and oxygen atoms in total. The molecule has 7 heteroatoms. The van der Waals surface area contributed by atoms with E-state index in [2.05, 4.69) is 69.6 Å². The van der Waals surface area contributed by atoms with Crippen molar-refractivity contribution in [3.63, 3.8) is 0 Å². The molecule has 164 valence electrons. The van der Waals surface area contributed by atoms with E-state index < -0.39 is 0 Å². The average molecular weight is 531 g/mol. The molecule has 1 aliphatic heterocycles. The lowest BCUT2D eigenvalue weighted by Crippen LogP contribution is -2.38. The summed E-state index contributed by atoms with van der Waals surface area (Å²) in [5, 5.41) is 6.79. The second-order valence-corrected chi connectivity index (χ2v) is 7.47. The van der Waals surface area contributed by atoms with Gasteiger partial charge >= 0.3 is 0 Å². The number of aromatic nitrogens is 2. The highest BCUT2D eigenvalue weighted by Gasteiger charge is 2.11. The Morgan fingerprint density at radius 2 is 2.03 bits per heavy atom. The van der Waals surface area contributed by atoms with Crippen LogP contribution in [0.25, 0.3) is 0 Å². The summed E-state index contributed by atoms with van der Waals surface area (Å²) in [7, 11) is 0. The fourth-order valence-corrected chi connectivity index (χ4v) is 3.65. The summed E-state index contributed by atoms with van der Waals surface area (Å²) in [5.41, 5.74) is 5.10. The number of rotatable bonds is 8. The number of guanidine groups is 1. The molecule has 0 saturated carbocycles. The lowest BCUT2D eigenvalue weighted by atomic mass is 10.1. The maximum Gasteiger partial charge on any atom is 0.191 e. The van der Waals surface area contributed by atoms with Crippen molar-refractivity contribution < 1.29 is 4.74 Å². The normalized spacial score (nSPS) is 12.6. The van der Waals surface area contributed by atoms with Crippen molar-refractivity contribution in [3.8, 4) is 5.75 Å². The maximum atomic E-state index is 5.59. The Kier molecular flexibility index (Phi) is 8.75. The van der Waals surface area contributed by atoms with Crippen LogP contribution in [0.5, 0.6) is 5.75 Å². The number of ether oxygens (including phenoxy) is 1. The van der Waals surface area contributed by atoms with E-state index in [9.17, 15) is 0 Å². The first-order chi connectivity index (χ1) is 14.8. The Morgan fingerprint density at radius 1 is 1.13 bits per heavy atom. The number of halogens is 1. The number of nitrogens with one attached hydrogen (secondary N) is 2. The largest absolute Gasteiger partial charge is 0.493 e. The molecule has 2 heterocycles. The third-order valence-electron chi connectivity index (χ3n) is 5.14. The van der Waals surface area contributed by atoms with Gasteiger partial charge in [-0.25, -0.2) is 9.98 Å². The van der Waals surface area contributed by atoms with E-state index in [1.54, 1.807) is 6.20 Å². The minimum absolute atomic E-state index is 0. The van der Waals surface area contributed by atoms with Crippen LogP contribution in [-0.2, 0) is 25.9 Å². The van der Waals surface area contributed by atoms with Gasteiger partial charge in [0.25, 0.3) is 0 Å². The Labute approximate surface area is 201 Å². The molecule has 0 atom stereocenters. The number of nitrogens with zero attached hydrogens (tertiary/aromatic N) is 3. The van der Waals surface area contributed by atoms with Crippen molar-refractivity contribution in [2.75, 3.05) is 19.7 Å². The first-order valence-electron chi connectivity index (χ1n) is 10.6. The zero-order chi connectivity index (χ0) is 20.6. The van der Waals surface area contributed by atoms with E-state index in [4.69, 9.17) is 9.73 Å². The van der Waals surface area contributed by atoms with E-state index in [-0.39, 0.29) is 24.0 Å². The van der Waals surface area contributed by atoms with Gasteiger partial charge in [-0.3, -0.25) is 0 Å². The van der Waals surface area contributed by atoms with Gasteiger partial charge in [-0.15, -0.1) is 24.0 Å². The zero-order valence-corrected chi connectivity index (χ0v) is 20.2. The first kappa shape index (κ1) is 23.1. The molecule has 0 fully saturated rings. The number of benzene rings is 2. The van der Waals surface area contributed by atoms with Crippen LogP contribution in [-0.4, -0.2) is 35.2 Å². The zero-order valence-electron chi connectivity index (χ0n) is 17.9. The molecule has 1 aliphatic rings. The van der Waals surface area contributed by atoms with Gasteiger partial charge in [-0.1, -0.05) is 36.4 Å². The summed E-state index contributed by atoms with van der Waals surface area (Å²) in [4.78, 5) is 8.87. The fraction of sp³-hybridized carbons (Fsp3) is 0.333. The molecule has 2 aromatic carbocycles. The average Bonchev–Trinajstić information content (AvgIpc) is 3.44. The van der Waals surface area contributed by atoms with Crippen molar-refractivity contribution in [3.05, 3.63) is 83.4 Å². The molecule has 0 amide bonds. The second-order valence-electron chi connectivity index (χ2n) is 7.47. The molecule has 0 spiro atoms. The van der Waals surface area contributed by atoms with Crippen molar-refractivity contribution in [2.45, 2.75) is 32.9 Å². The van der Waals surface area contributed by atoms with Crippen LogP contribution in [0.2, 0.25) is 0 Å². The minimum Gasteiger partial charge on any atom is -0.493 e. The molecule has 3 aromatic rings. The van der Waals surface area contributed by atoms with Crippen molar-refractivity contribution in [1.82, 2.24) is 20.2 Å². The quantitative estimate of drug-likeness (QED) is 0.264. The molecule has 0 unspecified atom stereocenters. The summed E-state index contributed by atoms with van der Waals surface area (Å²) in [6.07, 6.45) is 7.59. The summed E-state index contributed by atoms with van der Waals surface area (Å²) >= 11 is 0. The van der Waals surface area contributed by atoms with Crippen molar-refractivity contribution in [1.29, 1.82) is 0 Å². The van der Waals surface area contributed by atoms with Crippen LogP contribution in [0.4, 0.5) is 0 Å². The van der Waals surface area contributed by atoms with Gasteiger partial charge in [0.05, 0.1) is 19.5 Å². The highest BCUT2D eigenvalue weighted by molar-refractivity contribution is 14.0. The molecular weight excluding hydrogens is 501 g/mol. The molecule has 2 N–H and O–H groups in total. The summed E-state index contributed by atoms with van der Waals surface area (Å²) in [5.74, 6) is 1.89. The Hall–Kier alpha value is -2.55. The molecule has 0 radical (unpaired) electrons. The van der Waals surface area contributed by atoms with Gasteiger partial charge < -0.3 is 19.9 Å². The lowest BCUT2D eigenvalue weighted by Gasteiger charge is -2.12. The van der Waals surface area contributed by atoms with Crippen LogP contribution in [0.15, 0.2) is 66.2 Å². The van der Waals surface area contributed by atoms with E-state index in [1.165, 1.54) is 22.3 Å². The van der Waals surface area contributed by atoms with Crippen molar-refractivity contribution in [2.24, 2.45) is 4.99 Å². The predicted octanol–water partition coefficient (Wildman–Crippen LogP) is 3.78. The molecule has 0 aliphatic carbocycles. The maximum absolute atomic E-state index is 5.59. The monoisotopic (exact) mass is 531 g/mol. The topological polar surface area (TPSA) is 63.5 Å². The highest BCUT2D eigenvalue weighted by atomic mass is 127. The number of hydrogen-bond donors (Lipinski definition) is 2. The van der Waals surface area contributed by atoms with Gasteiger partial charge in [0.15, 0.2) is 5.96 Å². The van der Waals surface area contributed by atoms with Gasteiger partial charge in [0, 0.05) is 38.4 Å². The lowest BCUT2D eigenvalue weighted by molar-refractivity contribution is 0.357. The SMILES string of the molecule is CCNC(=NCc1cccc(Cn2ccnc2)c1)NCCc1ccc2c(c1)CCO2.I. The summed E-state index contributed by atoms with van der Waals surface area (Å²) in [6.45, 7) is 6.03. The standard InChI is InChI=1S/C24H29N5O.HI/c1-2-26-24(27-10-8-19-6-7-23-22(15-19)9-13-30-23)28-16-20-4-3-5-21(14-20)17-29-12-11-25-18-29;/h3-7,11-12,14-15,18H,2,8-10,13,16-17H2,1H3,(H2,26,27,28);1H. The highest BCUT2D eigenvalue weighted by Crippen LogP contribution is 2.25. The predicted molar refractivity (Wildman–Crippen MR) is 135 cm³/mol. The number of imidazole rings is 1. The van der Waals surface area contributed by atoms with E-state index in [0.29, 0.717) is 6.54 Å². The Morgan fingerprint density at radius 3 is 2.87 bits per heavy atom. The van der Waals surface area contributed by atoms with Crippen LogP contribution < -0.4 is 15.4 Å². The second kappa shape index (κ2) is 11.7.